The monoisotopic (exact) mass is 303 g/mol. The van der Waals surface area contributed by atoms with Gasteiger partial charge in [0, 0.05) is 6.26 Å². The van der Waals surface area contributed by atoms with Gasteiger partial charge in [0.05, 0.1) is 10.9 Å². The molecule has 0 heterocycles. The first kappa shape index (κ1) is 15.7. The van der Waals surface area contributed by atoms with E-state index in [-0.39, 0.29) is 6.04 Å². The first-order valence-corrected chi connectivity index (χ1v) is 8.91. The van der Waals surface area contributed by atoms with Crippen LogP contribution in [0.15, 0.2) is 53.4 Å². The van der Waals surface area contributed by atoms with Crippen LogP contribution in [0.2, 0.25) is 0 Å². The van der Waals surface area contributed by atoms with Gasteiger partial charge in [0.15, 0.2) is 9.84 Å². The van der Waals surface area contributed by atoms with E-state index >= 15 is 0 Å². The van der Waals surface area contributed by atoms with Crippen LogP contribution in [0.3, 0.4) is 0 Å². The molecule has 2 rings (SSSR count). The summed E-state index contributed by atoms with van der Waals surface area (Å²) in [4.78, 5) is 0.352. The van der Waals surface area contributed by atoms with Crippen LogP contribution in [0.4, 0.5) is 0 Å². The Hall–Kier alpha value is -1.65. The van der Waals surface area contributed by atoms with Crippen molar-refractivity contribution in [3.63, 3.8) is 0 Å². The van der Waals surface area contributed by atoms with E-state index in [4.69, 9.17) is 0 Å². The molecule has 0 spiro atoms. The Morgan fingerprint density at radius 3 is 1.86 bits per heavy atom. The summed E-state index contributed by atoms with van der Waals surface area (Å²) >= 11 is 0. The van der Waals surface area contributed by atoms with Crippen LogP contribution in [0.25, 0.3) is 0 Å². The SMILES string of the molecule is CCNC(c1ccc(C)cc1)c1ccc(S(C)(=O)=O)cc1. The minimum atomic E-state index is -3.15. The standard InChI is InChI=1S/C17H21NO2S/c1-4-18-17(14-7-5-13(2)6-8-14)15-9-11-16(12-10-15)21(3,19)20/h5-12,17-18H,4H2,1-3H3. The smallest absolute Gasteiger partial charge is 0.175 e. The summed E-state index contributed by atoms with van der Waals surface area (Å²) in [6.07, 6.45) is 1.23. The van der Waals surface area contributed by atoms with Gasteiger partial charge >= 0.3 is 0 Å². The maximum absolute atomic E-state index is 11.5. The number of hydrogen-bond donors (Lipinski definition) is 1. The minimum absolute atomic E-state index is 0.0733. The summed E-state index contributed by atoms with van der Waals surface area (Å²) in [5.41, 5.74) is 3.46. The van der Waals surface area contributed by atoms with Crippen molar-refractivity contribution in [2.24, 2.45) is 0 Å². The molecule has 0 aliphatic carbocycles. The minimum Gasteiger partial charge on any atom is -0.307 e. The first-order chi connectivity index (χ1) is 9.91. The summed E-state index contributed by atoms with van der Waals surface area (Å²) < 4.78 is 23.1. The van der Waals surface area contributed by atoms with Gasteiger partial charge in [-0.15, -0.1) is 0 Å². The normalized spacial score (nSPS) is 13.1. The van der Waals surface area contributed by atoms with Gasteiger partial charge < -0.3 is 5.32 Å². The molecule has 0 amide bonds. The predicted molar refractivity (Wildman–Crippen MR) is 86.3 cm³/mol. The zero-order valence-corrected chi connectivity index (χ0v) is 13.4. The molecule has 0 saturated heterocycles. The highest BCUT2D eigenvalue weighted by atomic mass is 32.2. The fourth-order valence-electron chi connectivity index (χ4n) is 2.30. The molecule has 1 atom stereocenters. The zero-order chi connectivity index (χ0) is 15.5. The molecule has 3 nitrogen and oxygen atoms in total. The van der Waals surface area contributed by atoms with Gasteiger partial charge in [0.25, 0.3) is 0 Å². The molecule has 0 aliphatic rings. The van der Waals surface area contributed by atoms with Crippen LogP contribution in [0, 0.1) is 6.92 Å². The van der Waals surface area contributed by atoms with Gasteiger partial charge in [0.2, 0.25) is 0 Å². The third-order valence-corrected chi connectivity index (χ3v) is 4.59. The highest BCUT2D eigenvalue weighted by Crippen LogP contribution is 2.23. The molecule has 2 aromatic carbocycles. The zero-order valence-electron chi connectivity index (χ0n) is 12.6. The molecule has 2 aromatic rings. The molecule has 0 fully saturated rings. The maximum Gasteiger partial charge on any atom is 0.175 e. The van der Waals surface area contributed by atoms with Crippen molar-refractivity contribution in [1.82, 2.24) is 5.32 Å². The van der Waals surface area contributed by atoms with E-state index in [1.54, 1.807) is 12.1 Å². The fraction of sp³-hybridized carbons (Fsp3) is 0.294. The summed E-state index contributed by atoms with van der Waals surface area (Å²) in [6.45, 7) is 4.96. The maximum atomic E-state index is 11.5. The van der Waals surface area contributed by atoms with Gasteiger partial charge in [-0.2, -0.15) is 0 Å². The van der Waals surface area contributed by atoms with Gasteiger partial charge in [-0.05, 0) is 36.7 Å². The first-order valence-electron chi connectivity index (χ1n) is 7.02. The molecule has 112 valence electrons. The Labute approximate surface area is 126 Å². The molecular weight excluding hydrogens is 282 g/mol. The Morgan fingerprint density at radius 1 is 0.952 bits per heavy atom. The molecule has 0 radical (unpaired) electrons. The predicted octanol–water partition coefficient (Wildman–Crippen LogP) is 3.10. The number of benzene rings is 2. The Kier molecular flexibility index (Phi) is 4.80. The van der Waals surface area contributed by atoms with Gasteiger partial charge in [0.1, 0.15) is 0 Å². The van der Waals surface area contributed by atoms with E-state index < -0.39 is 9.84 Å². The average Bonchev–Trinajstić information content (AvgIpc) is 2.45. The van der Waals surface area contributed by atoms with E-state index in [1.165, 1.54) is 17.4 Å². The largest absolute Gasteiger partial charge is 0.307 e. The van der Waals surface area contributed by atoms with E-state index in [2.05, 4.69) is 43.4 Å². The van der Waals surface area contributed by atoms with Crippen molar-refractivity contribution >= 4 is 9.84 Å². The lowest BCUT2D eigenvalue weighted by atomic mass is 9.98. The van der Waals surface area contributed by atoms with Gasteiger partial charge in [-0.1, -0.05) is 48.9 Å². The lowest BCUT2D eigenvalue weighted by Crippen LogP contribution is -2.22. The van der Waals surface area contributed by atoms with Crippen LogP contribution in [-0.4, -0.2) is 21.2 Å². The lowest BCUT2D eigenvalue weighted by molar-refractivity contribution is 0.601. The van der Waals surface area contributed by atoms with E-state index in [0.29, 0.717) is 4.90 Å². The molecule has 1 unspecified atom stereocenters. The summed E-state index contributed by atoms with van der Waals surface area (Å²) in [6, 6.07) is 15.6. The second kappa shape index (κ2) is 6.41. The Balaban J connectivity index is 2.36. The fourth-order valence-corrected chi connectivity index (χ4v) is 2.93. The van der Waals surface area contributed by atoms with Crippen molar-refractivity contribution in [3.05, 3.63) is 65.2 Å². The third-order valence-electron chi connectivity index (χ3n) is 3.46. The summed E-state index contributed by atoms with van der Waals surface area (Å²) in [5, 5.41) is 3.44. The third kappa shape index (κ3) is 3.93. The molecule has 0 saturated carbocycles. The number of rotatable bonds is 5. The molecule has 1 N–H and O–H groups in total. The van der Waals surface area contributed by atoms with Crippen LogP contribution in [0.5, 0.6) is 0 Å². The van der Waals surface area contributed by atoms with Gasteiger partial charge in [-0.25, -0.2) is 8.42 Å². The number of aryl methyl sites for hydroxylation is 1. The second-order valence-electron chi connectivity index (χ2n) is 5.24. The van der Waals surface area contributed by atoms with Crippen molar-refractivity contribution in [2.45, 2.75) is 24.8 Å². The summed E-state index contributed by atoms with van der Waals surface area (Å²) in [7, 11) is -3.15. The van der Waals surface area contributed by atoms with E-state index in [1.807, 2.05) is 12.1 Å². The molecule has 0 bridgehead atoms. The van der Waals surface area contributed by atoms with Crippen molar-refractivity contribution in [2.75, 3.05) is 12.8 Å². The average molecular weight is 303 g/mol. The lowest BCUT2D eigenvalue weighted by Gasteiger charge is -2.19. The highest BCUT2D eigenvalue weighted by molar-refractivity contribution is 7.90. The highest BCUT2D eigenvalue weighted by Gasteiger charge is 2.14. The van der Waals surface area contributed by atoms with E-state index in [9.17, 15) is 8.42 Å². The molecule has 0 aromatic heterocycles. The molecule has 4 heteroatoms. The van der Waals surface area contributed by atoms with Crippen LogP contribution in [0.1, 0.15) is 29.7 Å². The van der Waals surface area contributed by atoms with Crippen molar-refractivity contribution in [3.8, 4) is 0 Å². The van der Waals surface area contributed by atoms with Gasteiger partial charge in [-0.3, -0.25) is 0 Å². The molecule has 21 heavy (non-hydrogen) atoms. The van der Waals surface area contributed by atoms with Crippen LogP contribution < -0.4 is 5.32 Å². The summed E-state index contributed by atoms with van der Waals surface area (Å²) in [5.74, 6) is 0. The van der Waals surface area contributed by atoms with E-state index in [0.717, 1.165) is 12.1 Å². The molecule has 0 aliphatic heterocycles. The van der Waals surface area contributed by atoms with Crippen LogP contribution >= 0.6 is 0 Å². The molecular formula is C17H21NO2S. The van der Waals surface area contributed by atoms with Crippen LogP contribution in [-0.2, 0) is 9.84 Å². The Bertz CT molecular complexity index is 689. The quantitative estimate of drug-likeness (QED) is 0.923. The Morgan fingerprint density at radius 2 is 1.43 bits per heavy atom. The topological polar surface area (TPSA) is 46.2 Å². The number of nitrogens with one attached hydrogen (secondary N) is 1. The van der Waals surface area contributed by atoms with Crippen molar-refractivity contribution < 1.29 is 8.42 Å². The number of sulfone groups is 1. The number of hydrogen-bond acceptors (Lipinski definition) is 3. The second-order valence-corrected chi connectivity index (χ2v) is 7.26. The van der Waals surface area contributed by atoms with Crippen molar-refractivity contribution in [1.29, 1.82) is 0 Å².